The lowest BCUT2D eigenvalue weighted by molar-refractivity contribution is 0.623. The Labute approximate surface area is 142 Å². The number of hydrogen-bond donors (Lipinski definition) is 2. The van der Waals surface area contributed by atoms with Crippen molar-refractivity contribution in [2.75, 3.05) is 5.32 Å². The van der Waals surface area contributed by atoms with Crippen molar-refractivity contribution in [1.29, 1.82) is 0 Å². The van der Waals surface area contributed by atoms with E-state index in [1.807, 2.05) is 46.6 Å². The van der Waals surface area contributed by atoms with Crippen molar-refractivity contribution in [3.05, 3.63) is 60.0 Å². The molecule has 4 aromatic rings. The first-order valence-electron chi connectivity index (χ1n) is 7.93. The van der Waals surface area contributed by atoms with E-state index in [0.717, 1.165) is 27.5 Å². The second-order valence-electron chi connectivity index (χ2n) is 6.16. The number of anilines is 1. The number of imidazole rings is 1. The molecule has 6 nitrogen and oxygen atoms in total. The van der Waals surface area contributed by atoms with Crippen molar-refractivity contribution in [3.63, 3.8) is 0 Å². The average Bonchev–Trinajstić information content (AvgIpc) is 3.11. The SMILES string of the molecule is Cn1cc([C@H]2N=C(N)Nc3nc4ccccc4n32)c2cc(F)ccc21. The first-order chi connectivity index (χ1) is 12.1. The van der Waals surface area contributed by atoms with E-state index in [-0.39, 0.29) is 5.82 Å². The molecule has 0 fully saturated rings. The molecular formula is C18H15FN6. The van der Waals surface area contributed by atoms with E-state index in [2.05, 4.69) is 15.3 Å². The van der Waals surface area contributed by atoms with Gasteiger partial charge in [0.1, 0.15) is 5.82 Å². The molecule has 0 unspecified atom stereocenters. The highest BCUT2D eigenvalue weighted by Gasteiger charge is 2.27. The molecule has 5 rings (SSSR count). The number of nitrogens with two attached hydrogens (primary N) is 1. The van der Waals surface area contributed by atoms with Gasteiger partial charge in [0.05, 0.1) is 11.0 Å². The highest BCUT2D eigenvalue weighted by Crippen LogP contribution is 2.36. The molecule has 3 heterocycles. The van der Waals surface area contributed by atoms with Gasteiger partial charge in [0, 0.05) is 29.7 Å². The summed E-state index contributed by atoms with van der Waals surface area (Å²) in [6, 6.07) is 12.6. The second-order valence-corrected chi connectivity index (χ2v) is 6.16. The van der Waals surface area contributed by atoms with Crippen LogP contribution in [0.2, 0.25) is 0 Å². The third kappa shape index (κ3) is 1.95. The summed E-state index contributed by atoms with van der Waals surface area (Å²) in [5, 5.41) is 3.83. The fourth-order valence-corrected chi connectivity index (χ4v) is 3.53. The number of para-hydroxylation sites is 2. The average molecular weight is 334 g/mol. The summed E-state index contributed by atoms with van der Waals surface area (Å²) >= 11 is 0. The minimum absolute atomic E-state index is 0.276. The summed E-state index contributed by atoms with van der Waals surface area (Å²) in [4.78, 5) is 9.17. The Bertz CT molecular complexity index is 1170. The number of nitrogens with one attached hydrogen (secondary N) is 1. The normalized spacial score (nSPS) is 16.7. The number of aliphatic imine (C=N–C) groups is 1. The number of rotatable bonds is 1. The van der Waals surface area contributed by atoms with Crippen LogP contribution in [-0.4, -0.2) is 20.1 Å². The molecule has 0 saturated heterocycles. The minimum Gasteiger partial charge on any atom is -0.370 e. The van der Waals surface area contributed by atoms with Gasteiger partial charge in [-0.25, -0.2) is 14.4 Å². The molecule has 2 aromatic carbocycles. The van der Waals surface area contributed by atoms with Crippen LogP contribution in [0.1, 0.15) is 11.7 Å². The van der Waals surface area contributed by atoms with Crippen molar-refractivity contribution in [2.24, 2.45) is 17.8 Å². The van der Waals surface area contributed by atoms with Gasteiger partial charge >= 0.3 is 0 Å². The largest absolute Gasteiger partial charge is 0.370 e. The van der Waals surface area contributed by atoms with Gasteiger partial charge in [-0.15, -0.1) is 0 Å². The fraction of sp³-hybridized carbons (Fsp3) is 0.111. The van der Waals surface area contributed by atoms with E-state index in [1.165, 1.54) is 12.1 Å². The molecule has 2 aromatic heterocycles. The third-order valence-electron chi connectivity index (χ3n) is 4.60. The van der Waals surface area contributed by atoms with Gasteiger partial charge in [-0.1, -0.05) is 12.1 Å². The van der Waals surface area contributed by atoms with Crippen LogP contribution < -0.4 is 11.1 Å². The maximum Gasteiger partial charge on any atom is 0.212 e. The van der Waals surface area contributed by atoms with E-state index in [0.29, 0.717) is 11.9 Å². The van der Waals surface area contributed by atoms with Crippen molar-refractivity contribution in [3.8, 4) is 0 Å². The van der Waals surface area contributed by atoms with Crippen molar-refractivity contribution < 1.29 is 4.39 Å². The summed E-state index contributed by atoms with van der Waals surface area (Å²) < 4.78 is 17.8. The summed E-state index contributed by atoms with van der Waals surface area (Å²) in [5.41, 5.74) is 9.60. The lowest BCUT2D eigenvalue weighted by atomic mass is 10.1. The first-order valence-corrected chi connectivity index (χ1v) is 7.93. The highest BCUT2D eigenvalue weighted by atomic mass is 19.1. The standard InChI is InChI=1S/C18H15FN6/c1-24-9-12(11-8-10(19)6-7-14(11)24)16-22-17(20)23-18-21-13-4-2-3-5-15(13)25(16)18/h2-9,16H,1H3,(H3,20,21,22,23)/t16-/m0/s1. The molecule has 3 N–H and O–H groups in total. The number of hydrogen-bond acceptors (Lipinski definition) is 4. The van der Waals surface area contributed by atoms with Gasteiger partial charge in [-0.05, 0) is 30.3 Å². The molecule has 7 heteroatoms. The predicted molar refractivity (Wildman–Crippen MR) is 96.0 cm³/mol. The van der Waals surface area contributed by atoms with Crippen molar-refractivity contribution in [1.82, 2.24) is 14.1 Å². The Balaban J connectivity index is 1.83. The summed E-state index contributed by atoms with van der Waals surface area (Å²) in [7, 11) is 1.94. The zero-order valence-corrected chi connectivity index (χ0v) is 13.4. The third-order valence-corrected chi connectivity index (χ3v) is 4.60. The molecule has 0 radical (unpaired) electrons. The van der Waals surface area contributed by atoms with Gasteiger partial charge in [0.2, 0.25) is 5.95 Å². The Morgan fingerprint density at radius 2 is 2.00 bits per heavy atom. The fourth-order valence-electron chi connectivity index (χ4n) is 3.53. The van der Waals surface area contributed by atoms with Gasteiger partial charge in [0.15, 0.2) is 12.1 Å². The number of nitrogens with zero attached hydrogens (tertiary/aromatic N) is 4. The summed E-state index contributed by atoms with van der Waals surface area (Å²) in [6.07, 6.45) is 1.56. The highest BCUT2D eigenvalue weighted by molar-refractivity contribution is 5.95. The zero-order chi connectivity index (χ0) is 17.1. The molecule has 1 aliphatic rings. The minimum atomic E-state index is -0.408. The van der Waals surface area contributed by atoms with E-state index in [9.17, 15) is 4.39 Å². The smallest absolute Gasteiger partial charge is 0.212 e. The monoisotopic (exact) mass is 334 g/mol. The van der Waals surface area contributed by atoms with Gasteiger partial charge in [-0.3, -0.25) is 9.88 Å². The zero-order valence-electron chi connectivity index (χ0n) is 13.4. The second kappa shape index (κ2) is 4.83. The topological polar surface area (TPSA) is 73.2 Å². The van der Waals surface area contributed by atoms with Gasteiger partial charge in [-0.2, -0.15) is 0 Å². The van der Waals surface area contributed by atoms with E-state index < -0.39 is 6.17 Å². The molecule has 0 aliphatic carbocycles. The Morgan fingerprint density at radius 1 is 1.16 bits per heavy atom. The van der Waals surface area contributed by atoms with Crippen molar-refractivity contribution in [2.45, 2.75) is 6.17 Å². The Kier molecular flexibility index (Phi) is 2.71. The molecule has 0 bridgehead atoms. The first kappa shape index (κ1) is 14.0. The number of halogens is 1. The number of benzene rings is 2. The van der Waals surface area contributed by atoms with Crippen LogP contribution in [-0.2, 0) is 7.05 Å². The van der Waals surface area contributed by atoms with Crippen LogP contribution in [0.3, 0.4) is 0 Å². The molecule has 1 aliphatic heterocycles. The maximum absolute atomic E-state index is 13.9. The van der Waals surface area contributed by atoms with Crippen LogP contribution in [0, 0.1) is 5.82 Å². The Hall–Kier alpha value is -3.35. The molecule has 1 atom stereocenters. The molecular weight excluding hydrogens is 319 g/mol. The number of aromatic nitrogens is 3. The summed E-state index contributed by atoms with van der Waals surface area (Å²) in [5.74, 6) is 0.648. The molecule has 0 spiro atoms. The van der Waals surface area contributed by atoms with Crippen LogP contribution in [0.25, 0.3) is 21.9 Å². The molecule has 25 heavy (non-hydrogen) atoms. The van der Waals surface area contributed by atoms with Crippen LogP contribution in [0.15, 0.2) is 53.7 Å². The van der Waals surface area contributed by atoms with E-state index in [4.69, 9.17) is 5.73 Å². The maximum atomic E-state index is 13.9. The van der Waals surface area contributed by atoms with E-state index in [1.54, 1.807) is 6.07 Å². The summed E-state index contributed by atoms with van der Waals surface area (Å²) in [6.45, 7) is 0. The van der Waals surface area contributed by atoms with Crippen LogP contribution in [0.5, 0.6) is 0 Å². The molecule has 0 saturated carbocycles. The molecule has 124 valence electrons. The quantitative estimate of drug-likeness (QED) is 0.562. The van der Waals surface area contributed by atoms with E-state index >= 15 is 0 Å². The van der Waals surface area contributed by atoms with Crippen molar-refractivity contribution >= 4 is 33.8 Å². The number of fused-ring (bicyclic) bond motifs is 4. The number of guanidine groups is 1. The van der Waals surface area contributed by atoms with Crippen LogP contribution in [0.4, 0.5) is 10.3 Å². The molecule has 0 amide bonds. The predicted octanol–water partition coefficient (Wildman–Crippen LogP) is 2.95. The number of aryl methyl sites for hydroxylation is 1. The lowest BCUT2D eigenvalue weighted by Gasteiger charge is -2.23. The van der Waals surface area contributed by atoms with Crippen LogP contribution >= 0.6 is 0 Å². The van der Waals surface area contributed by atoms with Gasteiger partial charge < -0.3 is 10.3 Å². The Morgan fingerprint density at radius 3 is 2.88 bits per heavy atom. The lowest BCUT2D eigenvalue weighted by Crippen LogP contribution is -2.31. The van der Waals surface area contributed by atoms with Gasteiger partial charge in [0.25, 0.3) is 0 Å².